The lowest BCUT2D eigenvalue weighted by molar-refractivity contribution is -0.118. The first-order chi connectivity index (χ1) is 14.2. The van der Waals surface area contributed by atoms with Gasteiger partial charge in [-0.15, -0.1) is 10.2 Å². The Labute approximate surface area is 183 Å². The third-order valence-electron chi connectivity index (χ3n) is 5.44. The second-order valence-corrected chi connectivity index (χ2v) is 11.4. The minimum atomic E-state index is -2.89. The Balaban J connectivity index is 1.41. The largest absolute Gasteiger partial charge is 0.355 e. The highest BCUT2D eigenvalue weighted by molar-refractivity contribution is 7.99. The second kappa shape index (κ2) is 9.96. The van der Waals surface area contributed by atoms with Gasteiger partial charge >= 0.3 is 0 Å². The number of amides is 1. The maximum absolute atomic E-state index is 12.2. The molecule has 2 aromatic rings. The van der Waals surface area contributed by atoms with Gasteiger partial charge in [-0.3, -0.25) is 4.79 Å². The Morgan fingerprint density at radius 1 is 1.27 bits per heavy atom. The van der Waals surface area contributed by atoms with Crippen LogP contribution in [0.4, 0.5) is 0 Å². The number of nitrogens with zero attached hydrogens (tertiary/aromatic N) is 3. The highest BCUT2D eigenvalue weighted by Crippen LogP contribution is 2.23. The zero-order valence-electron chi connectivity index (χ0n) is 17.8. The topological polar surface area (TPSA) is 94.0 Å². The number of hydrogen-bond acceptors (Lipinski definition) is 6. The van der Waals surface area contributed by atoms with Crippen molar-refractivity contribution in [2.24, 2.45) is 13.0 Å². The number of nitrogens with one attached hydrogen (secondary N) is 1. The van der Waals surface area contributed by atoms with Crippen LogP contribution in [0, 0.1) is 5.92 Å². The van der Waals surface area contributed by atoms with E-state index in [0.717, 1.165) is 12.2 Å². The molecule has 1 fully saturated rings. The number of aromatic nitrogens is 3. The van der Waals surface area contributed by atoms with E-state index < -0.39 is 9.84 Å². The molecule has 0 spiro atoms. The van der Waals surface area contributed by atoms with Gasteiger partial charge in [0, 0.05) is 20.0 Å². The van der Waals surface area contributed by atoms with Crippen LogP contribution in [0.1, 0.15) is 43.1 Å². The molecule has 1 N–H and O–H groups in total. The quantitative estimate of drug-likeness (QED) is 0.590. The molecule has 1 aromatic heterocycles. The molecule has 9 heteroatoms. The van der Waals surface area contributed by atoms with Gasteiger partial charge < -0.3 is 9.88 Å². The molecule has 1 saturated heterocycles. The molecule has 0 bridgehead atoms. The van der Waals surface area contributed by atoms with Gasteiger partial charge in [-0.25, -0.2) is 8.42 Å². The van der Waals surface area contributed by atoms with Crippen LogP contribution >= 0.6 is 11.8 Å². The summed E-state index contributed by atoms with van der Waals surface area (Å²) < 4.78 is 25.1. The molecule has 1 amide bonds. The number of carbonyl (C=O) groups excluding carboxylic acids is 1. The summed E-state index contributed by atoms with van der Waals surface area (Å²) in [4.78, 5) is 12.2. The molecular weight excluding hydrogens is 420 g/mol. The van der Waals surface area contributed by atoms with E-state index in [2.05, 4.69) is 53.6 Å². The van der Waals surface area contributed by atoms with E-state index in [9.17, 15) is 13.2 Å². The number of thioether (sulfide) groups is 1. The van der Waals surface area contributed by atoms with Crippen molar-refractivity contribution in [1.29, 1.82) is 0 Å². The van der Waals surface area contributed by atoms with Crippen molar-refractivity contribution < 1.29 is 13.2 Å². The van der Waals surface area contributed by atoms with E-state index >= 15 is 0 Å². The zero-order chi connectivity index (χ0) is 21.7. The average Bonchev–Trinajstić information content (AvgIpc) is 3.22. The van der Waals surface area contributed by atoms with Crippen LogP contribution in [0.2, 0.25) is 0 Å². The molecule has 1 atom stereocenters. The number of rotatable bonds is 9. The van der Waals surface area contributed by atoms with Crippen LogP contribution in [0.15, 0.2) is 29.4 Å². The first kappa shape index (κ1) is 22.8. The van der Waals surface area contributed by atoms with E-state index in [4.69, 9.17) is 0 Å². The molecule has 30 heavy (non-hydrogen) atoms. The number of benzene rings is 1. The lowest BCUT2D eigenvalue weighted by Gasteiger charge is -2.09. The van der Waals surface area contributed by atoms with Gasteiger partial charge in [0.1, 0.15) is 5.82 Å². The van der Waals surface area contributed by atoms with Crippen LogP contribution in [-0.4, -0.2) is 52.9 Å². The molecule has 0 radical (unpaired) electrons. The second-order valence-electron chi connectivity index (χ2n) is 8.22. The SMILES string of the molecule is CC(C)c1ccc(CCNC(=O)CSc2nnc(CC3CCS(=O)(=O)C3)n2C)cc1. The summed E-state index contributed by atoms with van der Waals surface area (Å²) in [6.07, 6.45) is 2.08. The van der Waals surface area contributed by atoms with E-state index in [1.165, 1.54) is 22.9 Å². The smallest absolute Gasteiger partial charge is 0.230 e. The van der Waals surface area contributed by atoms with Gasteiger partial charge in [0.2, 0.25) is 5.91 Å². The first-order valence-corrected chi connectivity index (χ1v) is 13.1. The minimum Gasteiger partial charge on any atom is -0.355 e. The Morgan fingerprint density at radius 3 is 2.63 bits per heavy atom. The van der Waals surface area contributed by atoms with E-state index in [0.29, 0.717) is 30.5 Å². The lowest BCUT2D eigenvalue weighted by atomic mass is 10.0. The molecule has 1 aliphatic rings. The minimum absolute atomic E-state index is 0.0368. The predicted octanol–water partition coefficient (Wildman–Crippen LogP) is 2.37. The standard InChI is InChI=1S/C21H30N4O3S2/c1-15(2)18-6-4-16(5-7-18)8-10-22-20(26)13-29-21-24-23-19(25(21)3)12-17-9-11-30(27,28)14-17/h4-7,15,17H,8-14H2,1-3H3,(H,22,26). The van der Waals surface area contributed by atoms with Crippen molar-refractivity contribution in [3.63, 3.8) is 0 Å². The summed E-state index contributed by atoms with van der Waals surface area (Å²) in [5, 5.41) is 12.0. The molecule has 1 unspecified atom stereocenters. The van der Waals surface area contributed by atoms with Crippen molar-refractivity contribution in [3.8, 4) is 0 Å². The summed E-state index contributed by atoms with van der Waals surface area (Å²) in [6, 6.07) is 8.52. The van der Waals surface area contributed by atoms with E-state index in [1.54, 1.807) is 0 Å². The molecule has 2 heterocycles. The van der Waals surface area contributed by atoms with E-state index in [-0.39, 0.29) is 29.1 Å². The van der Waals surface area contributed by atoms with Crippen LogP contribution in [-0.2, 0) is 34.5 Å². The van der Waals surface area contributed by atoms with Crippen molar-refractivity contribution >= 4 is 27.5 Å². The molecule has 1 aromatic carbocycles. The Hall–Kier alpha value is -1.87. The van der Waals surface area contributed by atoms with Crippen molar-refractivity contribution in [1.82, 2.24) is 20.1 Å². The zero-order valence-corrected chi connectivity index (χ0v) is 19.4. The molecule has 1 aliphatic heterocycles. The molecular formula is C21H30N4O3S2. The van der Waals surface area contributed by atoms with Crippen molar-refractivity contribution in [2.45, 2.75) is 44.2 Å². The summed E-state index contributed by atoms with van der Waals surface area (Å²) >= 11 is 1.34. The molecule has 0 saturated carbocycles. The normalized spacial score (nSPS) is 18.1. The Kier molecular flexibility index (Phi) is 7.57. The predicted molar refractivity (Wildman–Crippen MR) is 119 cm³/mol. The first-order valence-electron chi connectivity index (χ1n) is 10.3. The van der Waals surface area contributed by atoms with Crippen molar-refractivity contribution in [3.05, 3.63) is 41.2 Å². The fourth-order valence-corrected chi connectivity index (χ4v) is 6.16. The molecule has 7 nitrogen and oxygen atoms in total. The average molecular weight is 451 g/mol. The van der Waals surface area contributed by atoms with Gasteiger partial charge in [0.05, 0.1) is 17.3 Å². The number of carbonyl (C=O) groups is 1. The Morgan fingerprint density at radius 2 is 2.00 bits per heavy atom. The van der Waals surface area contributed by atoms with Crippen LogP contribution in [0.25, 0.3) is 0 Å². The maximum Gasteiger partial charge on any atom is 0.230 e. The summed E-state index contributed by atoms with van der Waals surface area (Å²) in [5.41, 5.74) is 2.52. The molecule has 0 aliphatic carbocycles. The maximum atomic E-state index is 12.2. The fourth-order valence-electron chi connectivity index (χ4n) is 3.54. The summed E-state index contributed by atoms with van der Waals surface area (Å²) in [6.45, 7) is 4.94. The van der Waals surface area contributed by atoms with Gasteiger partial charge in [-0.1, -0.05) is 49.9 Å². The Bertz CT molecular complexity index is 969. The number of sulfone groups is 1. The highest BCUT2D eigenvalue weighted by Gasteiger charge is 2.29. The van der Waals surface area contributed by atoms with Crippen LogP contribution in [0.5, 0.6) is 0 Å². The van der Waals surface area contributed by atoms with Gasteiger partial charge in [0.25, 0.3) is 0 Å². The highest BCUT2D eigenvalue weighted by atomic mass is 32.2. The van der Waals surface area contributed by atoms with Crippen LogP contribution < -0.4 is 5.32 Å². The third kappa shape index (κ3) is 6.31. The summed E-state index contributed by atoms with van der Waals surface area (Å²) in [7, 11) is -1.03. The fraction of sp³-hybridized carbons (Fsp3) is 0.571. The van der Waals surface area contributed by atoms with Crippen molar-refractivity contribution in [2.75, 3.05) is 23.8 Å². The third-order valence-corrected chi connectivity index (χ3v) is 8.29. The number of hydrogen-bond donors (Lipinski definition) is 1. The molecule has 164 valence electrons. The van der Waals surface area contributed by atoms with Gasteiger partial charge in [0.15, 0.2) is 15.0 Å². The molecule has 3 rings (SSSR count). The van der Waals surface area contributed by atoms with Gasteiger partial charge in [-0.05, 0) is 35.8 Å². The van der Waals surface area contributed by atoms with Gasteiger partial charge in [-0.2, -0.15) is 0 Å². The van der Waals surface area contributed by atoms with E-state index in [1.807, 2.05) is 11.6 Å². The van der Waals surface area contributed by atoms with Crippen LogP contribution in [0.3, 0.4) is 0 Å². The monoisotopic (exact) mass is 450 g/mol. The lowest BCUT2D eigenvalue weighted by Crippen LogP contribution is -2.27. The summed E-state index contributed by atoms with van der Waals surface area (Å²) in [5.74, 6) is 2.12.